The van der Waals surface area contributed by atoms with E-state index in [1.54, 1.807) is 0 Å². The molecule has 1 N–H and O–H groups in total. The normalized spacial score (nSPS) is 10.3. The minimum atomic E-state index is -0.0760. The Balaban J connectivity index is 1.62. The lowest BCUT2D eigenvalue weighted by Crippen LogP contribution is -2.30. The topological polar surface area (TPSA) is 38.3 Å². The van der Waals surface area contributed by atoms with Crippen molar-refractivity contribution >= 4 is 17.7 Å². The number of carbonyl (C=O) groups excluding carboxylic acids is 1. The van der Waals surface area contributed by atoms with Crippen LogP contribution < -0.4 is 10.1 Å². The summed E-state index contributed by atoms with van der Waals surface area (Å²) in [6.45, 7) is 4.70. The third-order valence-electron chi connectivity index (χ3n) is 3.44. The number of para-hydroxylation sites is 1. The van der Waals surface area contributed by atoms with Crippen LogP contribution >= 0.6 is 11.8 Å². The first kappa shape index (κ1) is 17.4. The number of hydrogen-bond donors (Lipinski definition) is 1. The number of hydrogen-bond acceptors (Lipinski definition) is 3. The number of ether oxygens (including phenoxy) is 1. The second-order valence-electron chi connectivity index (χ2n) is 5.40. The minimum Gasteiger partial charge on any atom is -0.483 e. The Kier molecular flexibility index (Phi) is 7.01. The van der Waals surface area contributed by atoms with E-state index in [2.05, 4.69) is 17.4 Å². The monoisotopic (exact) mass is 329 g/mol. The predicted molar refractivity (Wildman–Crippen MR) is 97.0 cm³/mol. The van der Waals surface area contributed by atoms with Gasteiger partial charge < -0.3 is 10.1 Å². The first-order valence-electron chi connectivity index (χ1n) is 7.74. The third-order valence-corrected chi connectivity index (χ3v) is 4.47. The molecule has 0 bridgehead atoms. The third kappa shape index (κ3) is 5.99. The van der Waals surface area contributed by atoms with Crippen LogP contribution in [0.5, 0.6) is 5.75 Å². The summed E-state index contributed by atoms with van der Waals surface area (Å²) in [5, 5.41) is 2.89. The van der Waals surface area contributed by atoms with Crippen LogP contribution in [0.1, 0.15) is 16.7 Å². The second-order valence-corrected chi connectivity index (χ2v) is 6.50. The Morgan fingerprint density at radius 1 is 1.04 bits per heavy atom. The molecule has 0 aliphatic heterocycles. The van der Waals surface area contributed by atoms with E-state index in [9.17, 15) is 4.79 Å². The molecule has 2 rings (SSSR count). The highest BCUT2D eigenvalue weighted by Crippen LogP contribution is 2.21. The Morgan fingerprint density at radius 2 is 1.74 bits per heavy atom. The molecule has 0 heterocycles. The van der Waals surface area contributed by atoms with E-state index in [4.69, 9.17) is 4.74 Å². The van der Waals surface area contributed by atoms with Crippen molar-refractivity contribution in [2.24, 2.45) is 0 Å². The smallest absolute Gasteiger partial charge is 0.257 e. The fourth-order valence-corrected chi connectivity index (χ4v) is 3.06. The average molecular weight is 329 g/mol. The second kappa shape index (κ2) is 9.26. The van der Waals surface area contributed by atoms with Crippen molar-refractivity contribution < 1.29 is 9.53 Å². The zero-order valence-corrected chi connectivity index (χ0v) is 14.5. The number of thioether (sulfide) groups is 1. The van der Waals surface area contributed by atoms with Gasteiger partial charge in [-0.15, -0.1) is 0 Å². The molecule has 3 nitrogen and oxygen atoms in total. The number of nitrogens with one attached hydrogen (secondary N) is 1. The molecule has 0 aliphatic rings. The molecule has 0 spiro atoms. The van der Waals surface area contributed by atoms with Gasteiger partial charge >= 0.3 is 0 Å². The van der Waals surface area contributed by atoms with Gasteiger partial charge in [0.05, 0.1) is 0 Å². The van der Waals surface area contributed by atoms with Gasteiger partial charge in [-0.2, -0.15) is 11.8 Å². The van der Waals surface area contributed by atoms with Crippen LogP contribution in [-0.4, -0.2) is 24.8 Å². The van der Waals surface area contributed by atoms with Gasteiger partial charge in [0.15, 0.2) is 6.61 Å². The summed E-state index contributed by atoms with van der Waals surface area (Å²) < 4.78 is 5.64. The van der Waals surface area contributed by atoms with E-state index >= 15 is 0 Å². The molecule has 4 heteroatoms. The van der Waals surface area contributed by atoms with E-state index in [0.717, 1.165) is 28.4 Å². The van der Waals surface area contributed by atoms with Gasteiger partial charge in [0.1, 0.15) is 5.75 Å². The molecular weight excluding hydrogens is 306 g/mol. The molecule has 0 fully saturated rings. The van der Waals surface area contributed by atoms with Gasteiger partial charge in [0.2, 0.25) is 0 Å². The van der Waals surface area contributed by atoms with Crippen molar-refractivity contribution in [3.05, 3.63) is 65.2 Å². The van der Waals surface area contributed by atoms with Crippen LogP contribution in [0.15, 0.2) is 48.5 Å². The number of benzene rings is 2. The summed E-state index contributed by atoms with van der Waals surface area (Å²) in [6, 6.07) is 16.3. The summed E-state index contributed by atoms with van der Waals surface area (Å²) >= 11 is 1.81. The fraction of sp³-hybridized carbons (Fsp3) is 0.316. The van der Waals surface area contributed by atoms with Crippen LogP contribution in [0.4, 0.5) is 0 Å². The molecule has 0 radical (unpaired) electrons. The minimum absolute atomic E-state index is 0.0645. The Bertz CT molecular complexity index is 608. The maximum atomic E-state index is 11.8. The van der Waals surface area contributed by atoms with Gasteiger partial charge in [-0.1, -0.05) is 48.5 Å². The van der Waals surface area contributed by atoms with Crippen molar-refractivity contribution in [3.8, 4) is 5.75 Å². The van der Waals surface area contributed by atoms with Gasteiger partial charge in [-0.25, -0.2) is 0 Å². The Hall–Kier alpha value is -1.94. The maximum Gasteiger partial charge on any atom is 0.257 e. The van der Waals surface area contributed by atoms with Crippen LogP contribution in [0.2, 0.25) is 0 Å². The zero-order valence-electron chi connectivity index (χ0n) is 13.7. The SMILES string of the molecule is Cc1cccc(C)c1OCC(=O)NCCSCc1ccccc1. The summed E-state index contributed by atoms with van der Waals surface area (Å²) in [6.07, 6.45) is 0. The lowest BCUT2D eigenvalue weighted by atomic mass is 10.1. The van der Waals surface area contributed by atoms with Crippen molar-refractivity contribution in [3.63, 3.8) is 0 Å². The molecule has 0 saturated carbocycles. The van der Waals surface area contributed by atoms with Crippen LogP contribution in [0.3, 0.4) is 0 Å². The molecular formula is C19H23NO2S. The molecule has 0 atom stereocenters. The summed E-state index contributed by atoms with van der Waals surface area (Å²) in [7, 11) is 0. The van der Waals surface area contributed by atoms with E-state index < -0.39 is 0 Å². The highest BCUT2D eigenvalue weighted by molar-refractivity contribution is 7.98. The Morgan fingerprint density at radius 3 is 2.43 bits per heavy atom. The molecule has 2 aromatic carbocycles. The molecule has 0 aliphatic carbocycles. The first-order chi connectivity index (χ1) is 11.2. The quantitative estimate of drug-likeness (QED) is 0.750. The maximum absolute atomic E-state index is 11.8. The summed E-state index contributed by atoms with van der Waals surface area (Å²) in [4.78, 5) is 11.8. The van der Waals surface area contributed by atoms with Crippen LogP contribution in [0, 0.1) is 13.8 Å². The Labute approximate surface area is 142 Å². The van der Waals surface area contributed by atoms with E-state index in [-0.39, 0.29) is 12.5 Å². The highest BCUT2D eigenvalue weighted by Gasteiger charge is 2.06. The zero-order chi connectivity index (χ0) is 16.5. The lowest BCUT2D eigenvalue weighted by Gasteiger charge is -2.11. The van der Waals surface area contributed by atoms with Crippen molar-refractivity contribution in [2.45, 2.75) is 19.6 Å². The van der Waals surface area contributed by atoms with Gasteiger partial charge in [0.25, 0.3) is 5.91 Å². The summed E-state index contributed by atoms with van der Waals surface area (Å²) in [5.74, 6) is 2.59. The average Bonchev–Trinajstić information content (AvgIpc) is 2.55. The molecule has 0 saturated heterocycles. The van der Waals surface area contributed by atoms with E-state index in [1.165, 1.54) is 5.56 Å². The molecule has 1 amide bonds. The van der Waals surface area contributed by atoms with Gasteiger partial charge in [-0.3, -0.25) is 4.79 Å². The van der Waals surface area contributed by atoms with Crippen molar-refractivity contribution in [2.75, 3.05) is 18.9 Å². The summed E-state index contributed by atoms with van der Waals surface area (Å²) in [5.41, 5.74) is 3.41. The number of rotatable bonds is 8. The standard InChI is InChI=1S/C19H23NO2S/c1-15-7-6-8-16(2)19(15)22-13-18(21)20-11-12-23-14-17-9-4-3-5-10-17/h3-10H,11-14H2,1-2H3,(H,20,21). The van der Waals surface area contributed by atoms with Gasteiger partial charge in [0, 0.05) is 18.1 Å². The molecule has 122 valence electrons. The lowest BCUT2D eigenvalue weighted by molar-refractivity contribution is -0.122. The van der Waals surface area contributed by atoms with Gasteiger partial charge in [-0.05, 0) is 30.5 Å². The fourth-order valence-electron chi connectivity index (χ4n) is 2.24. The van der Waals surface area contributed by atoms with E-state index in [0.29, 0.717) is 6.54 Å². The number of aryl methyl sites for hydroxylation is 2. The van der Waals surface area contributed by atoms with Crippen molar-refractivity contribution in [1.29, 1.82) is 0 Å². The van der Waals surface area contributed by atoms with Crippen LogP contribution in [0.25, 0.3) is 0 Å². The number of carbonyl (C=O) groups is 1. The molecule has 23 heavy (non-hydrogen) atoms. The molecule has 0 aromatic heterocycles. The van der Waals surface area contributed by atoms with Crippen LogP contribution in [-0.2, 0) is 10.5 Å². The molecule has 0 unspecified atom stereocenters. The first-order valence-corrected chi connectivity index (χ1v) is 8.89. The predicted octanol–water partition coefficient (Wildman–Crippen LogP) is 3.73. The highest BCUT2D eigenvalue weighted by atomic mass is 32.2. The largest absolute Gasteiger partial charge is 0.483 e. The molecule has 2 aromatic rings. The number of amides is 1. The van der Waals surface area contributed by atoms with E-state index in [1.807, 2.05) is 62.0 Å². The van der Waals surface area contributed by atoms with Crippen molar-refractivity contribution in [1.82, 2.24) is 5.32 Å².